The summed E-state index contributed by atoms with van der Waals surface area (Å²) in [6.45, 7) is 5.54. The van der Waals surface area contributed by atoms with Crippen LogP contribution >= 0.6 is 0 Å². The number of ether oxygens (including phenoxy) is 1. The Morgan fingerprint density at radius 3 is 2.47 bits per heavy atom. The molecule has 300 valence electrons. The number of rotatable bonds is 9. The molecule has 2 saturated heterocycles. The number of piperidine rings is 2. The van der Waals surface area contributed by atoms with Crippen molar-refractivity contribution >= 4 is 57.5 Å². The topological polar surface area (TPSA) is 176 Å². The van der Waals surface area contributed by atoms with E-state index in [0.29, 0.717) is 45.9 Å². The summed E-state index contributed by atoms with van der Waals surface area (Å²) in [6, 6.07) is 11.1. The van der Waals surface area contributed by atoms with Crippen LogP contribution in [-0.4, -0.2) is 108 Å². The quantitative estimate of drug-likeness (QED) is 0.200. The van der Waals surface area contributed by atoms with Crippen LogP contribution in [0.1, 0.15) is 102 Å². The van der Waals surface area contributed by atoms with Gasteiger partial charge in [-0.3, -0.25) is 38.9 Å². The van der Waals surface area contributed by atoms with Crippen molar-refractivity contribution in [3.05, 3.63) is 77.9 Å². The molecule has 5 amide bonds. The minimum Gasteiger partial charge on any atom is -0.489 e. The van der Waals surface area contributed by atoms with E-state index in [1.165, 1.54) is 6.20 Å². The minimum atomic E-state index is -0.977. The predicted octanol–water partition coefficient (Wildman–Crippen LogP) is 4.60. The van der Waals surface area contributed by atoms with Crippen molar-refractivity contribution in [2.24, 2.45) is 0 Å². The molecule has 16 heteroatoms. The average molecular weight is 787 g/mol. The molecule has 0 spiro atoms. The Labute approximate surface area is 334 Å². The highest BCUT2D eigenvalue weighted by Gasteiger charge is 2.45. The van der Waals surface area contributed by atoms with Crippen LogP contribution in [0.2, 0.25) is 0 Å². The smallest absolute Gasteiger partial charge is 0.262 e. The van der Waals surface area contributed by atoms with Crippen molar-refractivity contribution in [3.8, 4) is 5.75 Å². The first kappa shape index (κ1) is 37.4. The number of imide groups is 2. The maximum absolute atomic E-state index is 13.4. The predicted molar refractivity (Wildman–Crippen MR) is 214 cm³/mol. The largest absolute Gasteiger partial charge is 0.489 e. The molecule has 1 saturated carbocycles. The number of benzene rings is 2. The van der Waals surface area contributed by atoms with E-state index in [1.807, 2.05) is 32.0 Å². The monoisotopic (exact) mass is 786 g/mol. The first-order valence-electron chi connectivity index (χ1n) is 20.1. The number of aromatic nitrogens is 5. The van der Waals surface area contributed by atoms with Crippen molar-refractivity contribution in [2.75, 3.05) is 30.4 Å². The van der Waals surface area contributed by atoms with Crippen LogP contribution in [0.25, 0.3) is 16.6 Å². The van der Waals surface area contributed by atoms with E-state index in [9.17, 15) is 24.0 Å². The number of carbonyl (C=O) groups excluding carboxylic acids is 5. The second-order valence-corrected chi connectivity index (χ2v) is 16.1. The highest BCUT2D eigenvalue weighted by Crippen LogP contribution is 2.37. The fraction of sp³-hybridized carbons (Fsp3) is 0.429. The molecule has 16 nitrogen and oxygen atoms in total. The van der Waals surface area contributed by atoms with Gasteiger partial charge in [0.15, 0.2) is 5.65 Å². The van der Waals surface area contributed by atoms with Gasteiger partial charge in [0.2, 0.25) is 11.8 Å². The third kappa shape index (κ3) is 6.84. The SMILES string of the molecule is CC(C)Oc1cc2nn(C3CCC(N(C)C4CCN(c5ccc6c(c5)C(=O)N(C5CCC(=O)NC5=O)C6=O)CC4)CC3)cc2cc1NC(=O)c1cnn2cccnc12. The standard InChI is InChI=1S/C42H46N10O6/c1-24(2)58-36-21-33-25(19-34(36)45-39(54)32-22-44-50-16-4-15-43-38(32)50)23-51(47-33)28-7-5-26(6-8-28)48(3)27-13-17-49(18-14-27)29-9-10-30-31(20-29)42(57)52(41(30)56)35-11-12-37(53)46-40(35)55/h4,9-10,15-16,19-24,26-28,35H,5-8,11-14,17-18H2,1-3H3,(H,45,54)(H,46,53,55). The van der Waals surface area contributed by atoms with Gasteiger partial charge in [0, 0.05) is 67.3 Å². The zero-order valence-corrected chi connectivity index (χ0v) is 32.8. The molecule has 2 aromatic carbocycles. The van der Waals surface area contributed by atoms with Gasteiger partial charge < -0.3 is 19.9 Å². The van der Waals surface area contributed by atoms with Gasteiger partial charge >= 0.3 is 0 Å². The van der Waals surface area contributed by atoms with Crippen LogP contribution in [-0.2, 0) is 9.59 Å². The van der Waals surface area contributed by atoms with E-state index in [4.69, 9.17) is 9.84 Å². The maximum atomic E-state index is 13.4. The van der Waals surface area contributed by atoms with Crippen molar-refractivity contribution in [1.29, 1.82) is 0 Å². The highest BCUT2D eigenvalue weighted by atomic mass is 16.5. The average Bonchev–Trinajstić information content (AvgIpc) is 3.91. The van der Waals surface area contributed by atoms with Gasteiger partial charge in [0.25, 0.3) is 17.7 Å². The zero-order chi connectivity index (χ0) is 40.2. The first-order valence-corrected chi connectivity index (χ1v) is 20.1. The summed E-state index contributed by atoms with van der Waals surface area (Å²) in [5, 5.41) is 15.4. The number of carbonyl (C=O) groups is 5. The Bertz CT molecular complexity index is 2460. The lowest BCUT2D eigenvalue weighted by Gasteiger charge is -2.43. The van der Waals surface area contributed by atoms with Gasteiger partial charge in [-0.1, -0.05) is 0 Å². The highest BCUT2D eigenvalue weighted by molar-refractivity contribution is 6.23. The summed E-state index contributed by atoms with van der Waals surface area (Å²) in [4.78, 5) is 74.3. The van der Waals surface area contributed by atoms with Crippen molar-refractivity contribution in [3.63, 3.8) is 0 Å². The van der Waals surface area contributed by atoms with E-state index in [1.54, 1.807) is 35.1 Å². The van der Waals surface area contributed by atoms with Crippen molar-refractivity contribution in [2.45, 2.75) is 95.5 Å². The summed E-state index contributed by atoms with van der Waals surface area (Å²) in [6.07, 6.45) is 13.1. The molecular weight excluding hydrogens is 741 g/mol. The van der Waals surface area contributed by atoms with Gasteiger partial charge in [0.1, 0.15) is 17.4 Å². The second kappa shape index (κ2) is 15.0. The third-order valence-corrected chi connectivity index (χ3v) is 12.2. The fourth-order valence-corrected chi connectivity index (χ4v) is 9.10. The summed E-state index contributed by atoms with van der Waals surface area (Å²) in [5.41, 5.74) is 3.71. The molecule has 3 aliphatic heterocycles. The Hall–Kier alpha value is -6.16. The molecule has 1 aliphatic carbocycles. The molecule has 6 heterocycles. The van der Waals surface area contributed by atoms with Gasteiger partial charge in [0.05, 0.1) is 40.7 Å². The number of nitrogens with zero attached hydrogens (tertiary/aromatic N) is 8. The molecule has 2 N–H and O–H groups in total. The summed E-state index contributed by atoms with van der Waals surface area (Å²) in [7, 11) is 2.24. The van der Waals surface area contributed by atoms with Crippen molar-refractivity contribution in [1.82, 2.24) is 39.5 Å². The molecule has 3 aromatic heterocycles. The van der Waals surface area contributed by atoms with Gasteiger partial charge in [-0.2, -0.15) is 10.2 Å². The van der Waals surface area contributed by atoms with Crippen LogP contribution in [0.3, 0.4) is 0 Å². The molecule has 3 fully saturated rings. The molecule has 1 unspecified atom stereocenters. The molecule has 4 aliphatic rings. The van der Waals surface area contributed by atoms with E-state index in [-0.39, 0.29) is 30.9 Å². The summed E-state index contributed by atoms with van der Waals surface area (Å²) >= 11 is 0. The number of fused-ring (bicyclic) bond motifs is 3. The lowest BCUT2D eigenvalue weighted by Crippen LogP contribution is -2.54. The summed E-state index contributed by atoms with van der Waals surface area (Å²) in [5.74, 6) is -1.74. The summed E-state index contributed by atoms with van der Waals surface area (Å²) < 4.78 is 9.79. The number of amides is 5. The maximum Gasteiger partial charge on any atom is 0.262 e. The Morgan fingerprint density at radius 1 is 0.948 bits per heavy atom. The minimum absolute atomic E-state index is 0.0900. The Balaban J connectivity index is 0.813. The second-order valence-electron chi connectivity index (χ2n) is 16.1. The number of hydrogen-bond acceptors (Lipinski definition) is 11. The lowest BCUT2D eigenvalue weighted by molar-refractivity contribution is -0.136. The van der Waals surface area contributed by atoms with E-state index in [2.05, 4.69) is 48.4 Å². The van der Waals surface area contributed by atoms with Crippen molar-refractivity contribution < 1.29 is 28.7 Å². The lowest BCUT2D eigenvalue weighted by atomic mass is 9.88. The van der Waals surface area contributed by atoms with E-state index in [0.717, 1.165) is 73.1 Å². The van der Waals surface area contributed by atoms with E-state index < -0.39 is 29.7 Å². The molecule has 0 radical (unpaired) electrons. The molecule has 5 aromatic rings. The molecule has 58 heavy (non-hydrogen) atoms. The van der Waals surface area contributed by atoms with Gasteiger partial charge in [-0.15, -0.1) is 0 Å². The van der Waals surface area contributed by atoms with Gasteiger partial charge in [-0.05, 0) is 96.2 Å². The van der Waals surface area contributed by atoms with Gasteiger partial charge in [-0.25, -0.2) is 9.50 Å². The van der Waals surface area contributed by atoms with E-state index >= 15 is 0 Å². The number of anilines is 2. The molecular formula is C42H46N10O6. The molecule has 9 rings (SSSR count). The zero-order valence-electron chi connectivity index (χ0n) is 32.8. The third-order valence-electron chi connectivity index (χ3n) is 12.2. The molecule has 1 atom stereocenters. The van der Waals surface area contributed by atoms with Crippen LogP contribution < -0.4 is 20.3 Å². The normalized spacial score (nSPS) is 21.7. The van der Waals surface area contributed by atoms with Crippen LogP contribution in [0.15, 0.2) is 61.2 Å². The van der Waals surface area contributed by atoms with Crippen LogP contribution in [0.5, 0.6) is 5.75 Å². The Morgan fingerprint density at radius 2 is 1.71 bits per heavy atom. The number of hydrogen-bond donors (Lipinski definition) is 2. The Kier molecular flexibility index (Phi) is 9.66. The number of nitrogens with one attached hydrogen (secondary N) is 2. The first-order chi connectivity index (χ1) is 28.0. The fourth-order valence-electron chi connectivity index (χ4n) is 9.10. The van der Waals surface area contributed by atoms with Crippen LogP contribution in [0, 0.1) is 0 Å². The molecule has 0 bridgehead atoms. The van der Waals surface area contributed by atoms with Crippen LogP contribution in [0.4, 0.5) is 11.4 Å².